The molecule has 2 aliphatic rings. The maximum atomic E-state index is 12.8. The van der Waals surface area contributed by atoms with Gasteiger partial charge in [-0.25, -0.2) is 0 Å². The van der Waals surface area contributed by atoms with Crippen LogP contribution < -0.4 is 0 Å². The molecule has 1 fully saturated rings. The van der Waals surface area contributed by atoms with Gasteiger partial charge in [0, 0.05) is 12.1 Å². The van der Waals surface area contributed by atoms with Crippen LogP contribution in [0.4, 0.5) is 0 Å². The zero-order valence-electron chi connectivity index (χ0n) is 12.7. The number of hydrogen-bond donors (Lipinski definition) is 0. The molecule has 0 bridgehead atoms. The van der Waals surface area contributed by atoms with E-state index in [-0.39, 0.29) is 11.9 Å². The lowest BCUT2D eigenvalue weighted by atomic mass is 10.0. The van der Waals surface area contributed by atoms with Gasteiger partial charge in [0.2, 0.25) is 0 Å². The number of nitrogens with zero attached hydrogens (tertiary/aromatic N) is 1. The summed E-state index contributed by atoms with van der Waals surface area (Å²) in [5.41, 5.74) is 5.97. The fraction of sp³-hybridized carbons (Fsp3) is 0.316. The van der Waals surface area contributed by atoms with E-state index in [2.05, 4.69) is 36.4 Å². The van der Waals surface area contributed by atoms with E-state index in [1.165, 1.54) is 22.3 Å². The normalized spacial score (nSPS) is 19.7. The topological polar surface area (TPSA) is 29.5 Å². The van der Waals surface area contributed by atoms with Gasteiger partial charge in [0.25, 0.3) is 5.91 Å². The van der Waals surface area contributed by atoms with Gasteiger partial charge in [-0.3, -0.25) is 4.79 Å². The van der Waals surface area contributed by atoms with E-state index in [0.29, 0.717) is 19.8 Å². The predicted molar refractivity (Wildman–Crippen MR) is 86.0 cm³/mol. The van der Waals surface area contributed by atoms with Crippen molar-refractivity contribution < 1.29 is 9.53 Å². The Labute approximate surface area is 130 Å². The first-order valence-corrected chi connectivity index (χ1v) is 7.84. The Kier molecular flexibility index (Phi) is 3.23. The quantitative estimate of drug-likeness (QED) is 0.690. The van der Waals surface area contributed by atoms with E-state index < -0.39 is 0 Å². The van der Waals surface area contributed by atoms with E-state index in [1.54, 1.807) is 0 Å². The van der Waals surface area contributed by atoms with Gasteiger partial charge in [0.05, 0.1) is 19.3 Å². The molecule has 3 heteroatoms. The lowest BCUT2D eigenvalue weighted by molar-refractivity contribution is 0.00359. The van der Waals surface area contributed by atoms with Crippen LogP contribution in [0, 0.1) is 0 Å². The third kappa shape index (κ3) is 2.13. The Balaban J connectivity index is 1.65. The zero-order valence-corrected chi connectivity index (χ0v) is 12.7. The highest BCUT2D eigenvalue weighted by molar-refractivity contribution is 5.96. The highest BCUT2D eigenvalue weighted by Gasteiger charge is 2.26. The molecular formula is C19H19NO2. The van der Waals surface area contributed by atoms with Gasteiger partial charge in [-0.1, -0.05) is 30.3 Å². The first kappa shape index (κ1) is 13.5. The number of ether oxygens (including phenoxy) is 1. The molecule has 2 aromatic rings. The second kappa shape index (κ2) is 5.25. The maximum absolute atomic E-state index is 12.8. The summed E-state index contributed by atoms with van der Waals surface area (Å²) in [6.07, 6.45) is 0.922. The molecule has 1 atom stereocenters. The fourth-order valence-corrected chi connectivity index (χ4v) is 3.47. The molecule has 0 saturated carbocycles. The summed E-state index contributed by atoms with van der Waals surface area (Å²) >= 11 is 0. The summed E-state index contributed by atoms with van der Waals surface area (Å²) in [6, 6.07) is 14.7. The molecule has 2 aromatic carbocycles. The van der Waals surface area contributed by atoms with Gasteiger partial charge < -0.3 is 9.64 Å². The summed E-state index contributed by atoms with van der Waals surface area (Å²) in [7, 11) is 0. The van der Waals surface area contributed by atoms with Crippen molar-refractivity contribution in [3.05, 3.63) is 59.2 Å². The highest BCUT2D eigenvalue weighted by Crippen LogP contribution is 2.36. The van der Waals surface area contributed by atoms with Crippen molar-refractivity contribution in [2.24, 2.45) is 0 Å². The van der Waals surface area contributed by atoms with E-state index in [1.807, 2.05) is 17.9 Å². The van der Waals surface area contributed by atoms with Crippen LogP contribution in [-0.4, -0.2) is 36.6 Å². The number of hydrogen-bond acceptors (Lipinski definition) is 2. The van der Waals surface area contributed by atoms with Crippen LogP contribution in [0.2, 0.25) is 0 Å². The molecule has 1 heterocycles. The van der Waals surface area contributed by atoms with E-state index in [4.69, 9.17) is 4.74 Å². The number of rotatable bonds is 1. The zero-order chi connectivity index (χ0) is 15.1. The number of benzene rings is 2. The number of carbonyl (C=O) groups excluding carboxylic acids is 1. The van der Waals surface area contributed by atoms with Gasteiger partial charge in [0.15, 0.2) is 0 Å². The molecule has 1 saturated heterocycles. The van der Waals surface area contributed by atoms with Gasteiger partial charge >= 0.3 is 0 Å². The first-order chi connectivity index (χ1) is 10.7. The van der Waals surface area contributed by atoms with Gasteiger partial charge in [-0.05, 0) is 47.7 Å². The minimum atomic E-state index is 0.120. The number of amides is 1. The summed E-state index contributed by atoms with van der Waals surface area (Å²) in [4.78, 5) is 14.7. The molecule has 1 aliphatic carbocycles. The molecule has 1 aliphatic heterocycles. The summed E-state index contributed by atoms with van der Waals surface area (Å²) in [6.45, 7) is 3.98. The third-order valence-corrected chi connectivity index (χ3v) is 4.67. The molecule has 0 N–H and O–H groups in total. The van der Waals surface area contributed by atoms with Gasteiger partial charge in [0.1, 0.15) is 0 Å². The average Bonchev–Trinajstić information content (AvgIpc) is 2.92. The standard InChI is InChI=1S/C19H19NO2/c1-13-12-22-9-8-20(13)19(21)15-6-7-18-16(11-15)10-14-4-2-3-5-17(14)18/h2-7,11,13H,8-10,12H2,1H3/t13-/m1/s1. The molecule has 0 aromatic heterocycles. The minimum absolute atomic E-state index is 0.120. The summed E-state index contributed by atoms with van der Waals surface area (Å²) < 4.78 is 5.42. The van der Waals surface area contributed by atoms with Crippen molar-refractivity contribution in [3.8, 4) is 11.1 Å². The number of morpholine rings is 1. The third-order valence-electron chi connectivity index (χ3n) is 4.67. The second-order valence-electron chi connectivity index (χ2n) is 6.13. The van der Waals surface area contributed by atoms with Gasteiger partial charge in [-0.15, -0.1) is 0 Å². The Morgan fingerprint density at radius 1 is 1.14 bits per heavy atom. The van der Waals surface area contributed by atoms with Crippen LogP contribution in [0.5, 0.6) is 0 Å². The molecule has 0 radical (unpaired) electrons. The largest absolute Gasteiger partial charge is 0.377 e. The lowest BCUT2D eigenvalue weighted by Gasteiger charge is -2.33. The van der Waals surface area contributed by atoms with E-state index in [9.17, 15) is 4.79 Å². The Morgan fingerprint density at radius 3 is 2.82 bits per heavy atom. The van der Waals surface area contributed by atoms with E-state index >= 15 is 0 Å². The van der Waals surface area contributed by atoms with Crippen molar-refractivity contribution in [2.75, 3.05) is 19.8 Å². The SMILES string of the molecule is C[C@@H]1COCCN1C(=O)c1ccc2c(c1)Cc1ccccc1-2. The van der Waals surface area contributed by atoms with Crippen LogP contribution in [0.1, 0.15) is 28.4 Å². The predicted octanol–water partition coefficient (Wildman–Crippen LogP) is 3.12. The lowest BCUT2D eigenvalue weighted by Crippen LogP contribution is -2.47. The maximum Gasteiger partial charge on any atom is 0.254 e. The van der Waals surface area contributed by atoms with Crippen molar-refractivity contribution >= 4 is 5.91 Å². The van der Waals surface area contributed by atoms with Gasteiger partial charge in [-0.2, -0.15) is 0 Å². The Hall–Kier alpha value is -2.13. The fourth-order valence-electron chi connectivity index (χ4n) is 3.47. The monoisotopic (exact) mass is 293 g/mol. The van der Waals surface area contributed by atoms with Crippen molar-refractivity contribution in [1.29, 1.82) is 0 Å². The van der Waals surface area contributed by atoms with Crippen LogP contribution in [-0.2, 0) is 11.2 Å². The molecule has 4 rings (SSSR count). The number of carbonyl (C=O) groups is 1. The van der Waals surface area contributed by atoms with Crippen LogP contribution >= 0.6 is 0 Å². The van der Waals surface area contributed by atoms with Crippen LogP contribution in [0.3, 0.4) is 0 Å². The smallest absolute Gasteiger partial charge is 0.254 e. The Morgan fingerprint density at radius 2 is 1.95 bits per heavy atom. The second-order valence-corrected chi connectivity index (χ2v) is 6.13. The van der Waals surface area contributed by atoms with E-state index in [0.717, 1.165) is 12.0 Å². The molecule has 112 valence electrons. The summed E-state index contributed by atoms with van der Waals surface area (Å²) in [5.74, 6) is 0.120. The Bertz CT molecular complexity index is 738. The number of fused-ring (bicyclic) bond motifs is 3. The van der Waals surface area contributed by atoms with Crippen LogP contribution in [0.25, 0.3) is 11.1 Å². The summed E-state index contributed by atoms with van der Waals surface area (Å²) in [5, 5.41) is 0. The highest BCUT2D eigenvalue weighted by atomic mass is 16.5. The van der Waals surface area contributed by atoms with Crippen molar-refractivity contribution in [3.63, 3.8) is 0 Å². The minimum Gasteiger partial charge on any atom is -0.377 e. The average molecular weight is 293 g/mol. The molecule has 3 nitrogen and oxygen atoms in total. The molecular weight excluding hydrogens is 274 g/mol. The molecule has 0 unspecified atom stereocenters. The molecule has 22 heavy (non-hydrogen) atoms. The molecule has 0 spiro atoms. The first-order valence-electron chi connectivity index (χ1n) is 7.84. The van der Waals surface area contributed by atoms with Crippen molar-refractivity contribution in [2.45, 2.75) is 19.4 Å². The van der Waals surface area contributed by atoms with Crippen molar-refractivity contribution in [1.82, 2.24) is 4.90 Å². The van der Waals surface area contributed by atoms with Crippen LogP contribution in [0.15, 0.2) is 42.5 Å². The molecule has 1 amide bonds.